The lowest BCUT2D eigenvalue weighted by atomic mass is 9.89. The summed E-state index contributed by atoms with van der Waals surface area (Å²) in [6.07, 6.45) is 6.01. The Labute approximate surface area is 498 Å². The first-order chi connectivity index (χ1) is 40.6. The van der Waals surface area contributed by atoms with E-state index in [9.17, 15) is 56.6 Å². The number of alkyl carbamates (subject to hydrolysis) is 1. The molecule has 4 N–H and O–H groups in total. The summed E-state index contributed by atoms with van der Waals surface area (Å²) in [7, 11) is 3.20. The van der Waals surface area contributed by atoms with Crippen LogP contribution in [-0.2, 0) is 50.1 Å². The Balaban J connectivity index is 0.848. The van der Waals surface area contributed by atoms with Crippen molar-refractivity contribution >= 4 is 94.0 Å². The van der Waals surface area contributed by atoms with Gasteiger partial charge in [-0.3, -0.25) is 38.6 Å². The van der Waals surface area contributed by atoms with E-state index in [1.807, 2.05) is 41.9 Å². The number of halogens is 2. The number of hydrogen-bond acceptors (Lipinski definition) is 17. The van der Waals surface area contributed by atoms with Crippen molar-refractivity contribution in [3.63, 3.8) is 0 Å². The van der Waals surface area contributed by atoms with Crippen molar-refractivity contribution in [2.75, 3.05) is 79.9 Å². The van der Waals surface area contributed by atoms with Crippen molar-refractivity contribution in [1.29, 1.82) is 0 Å². The standard InChI is InChI=1S/C56H66BF2N9O16S2/c1-36-28-41(64-45(36)31-46-39(10-7-24-68(4,5)6)30-48(50-11-9-27-85-50)65(46)57(64,58)59)16-13-38-14-17-42(18-15-38)81-25-8-12-51(70)62-44(35-86(78,79)80)55(74)60-21-22-63(3)23-26-82-49-32-47(67(76)77)43(29-40(49)34-69)37(2)83-56(75)61-33-54(73)84-66-52(71)19-20-53(66)72/h9,11,13-18,27-32,34,37,44H,7-8,10,12,19-26,33,35H2,1-6H3,(H3-,60,61,62,70,74,75,78,79,80)/p+1/b16-13+. The molecule has 5 amide bonds. The van der Waals surface area contributed by atoms with Gasteiger partial charge in [0.25, 0.3) is 27.6 Å². The molecule has 30 heteroatoms. The van der Waals surface area contributed by atoms with Gasteiger partial charge in [-0.2, -0.15) is 8.42 Å². The minimum atomic E-state index is -4.75. The van der Waals surface area contributed by atoms with Gasteiger partial charge in [0.15, 0.2) is 17.7 Å². The summed E-state index contributed by atoms with van der Waals surface area (Å²) < 4.78 is 87.2. The fourth-order valence-corrected chi connectivity index (χ4v) is 11.0. The highest BCUT2D eigenvalue weighted by Crippen LogP contribution is 2.42. The zero-order valence-electron chi connectivity index (χ0n) is 48.1. The number of imide groups is 1. The Morgan fingerprint density at radius 2 is 1.71 bits per heavy atom. The summed E-state index contributed by atoms with van der Waals surface area (Å²) in [4.78, 5) is 104. The third-order valence-electron chi connectivity index (χ3n) is 13.9. The van der Waals surface area contributed by atoms with Gasteiger partial charge in [-0.25, -0.2) is 9.59 Å². The molecule has 0 saturated carbocycles. The minimum absolute atomic E-state index is 0.0522. The molecule has 3 aliphatic rings. The number of hydrogen-bond donors (Lipinski definition) is 4. The highest BCUT2D eigenvalue weighted by molar-refractivity contribution is 7.85. The number of rotatable bonds is 30. The van der Waals surface area contributed by atoms with Crippen LogP contribution in [0.5, 0.6) is 11.5 Å². The van der Waals surface area contributed by atoms with E-state index in [1.165, 1.54) is 22.7 Å². The lowest BCUT2D eigenvalue weighted by Crippen LogP contribution is -2.51. The lowest BCUT2D eigenvalue weighted by Gasteiger charge is -2.31. The maximum Gasteiger partial charge on any atom is 0.737 e. The third kappa shape index (κ3) is 17.1. The van der Waals surface area contributed by atoms with Gasteiger partial charge >= 0.3 is 19.0 Å². The molecule has 0 aliphatic carbocycles. The van der Waals surface area contributed by atoms with Gasteiger partial charge < -0.3 is 62.0 Å². The van der Waals surface area contributed by atoms with Crippen LogP contribution in [0.2, 0.25) is 0 Å². The van der Waals surface area contributed by atoms with Crippen LogP contribution in [0.25, 0.3) is 22.7 Å². The van der Waals surface area contributed by atoms with E-state index < -0.39 is 87.8 Å². The SMILES string of the molecule is CC1=CC(/C=C/c2ccc(OCCCC(=O)NC(CS(=O)(=O)O)C(=O)NCCN(C)CCOc3cc([N+](=O)[O-])c(C(C)OC(=O)NCC(=O)ON4C(=O)CCC4=O)cc3C=O)cc2)=[N+]2C1=Cc1c(CCC[N+](C)(C)C)cc(-c3cccs3)n1[B-]2(F)F. The van der Waals surface area contributed by atoms with E-state index in [4.69, 9.17) is 14.2 Å². The molecule has 86 heavy (non-hydrogen) atoms. The summed E-state index contributed by atoms with van der Waals surface area (Å²) >= 11 is 1.42. The number of carbonyl (C=O) groups excluding carboxylic acids is 7. The Bertz CT molecular complexity index is 3490. The molecule has 5 heterocycles. The second-order valence-electron chi connectivity index (χ2n) is 21.6. The van der Waals surface area contributed by atoms with Crippen molar-refractivity contribution in [2.45, 2.75) is 64.5 Å². The van der Waals surface area contributed by atoms with Gasteiger partial charge in [0, 0.05) is 85.4 Å². The number of aldehydes is 1. The number of aryl methyl sites for hydroxylation is 1. The number of benzene rings is 2. The van der Waals surface area contributed by atoms with E-state index in [1.54, 1.807) is 54.4 Å². The molecule has 0 bridgehead atoms. The smallest absolute Gasteiger partial charge is 0.494 e. The molecule has 2 atom stereocenters. The molecule has 1 fully saturated rings. The number of nitrogens with zero attached hydrogens (tertiary/aromatic N) is 6. The third-order valence-corrected chi connectivity index (χ3v) is 15.5. The normalized spacial score (nSPS) is 15.4. The molecule has 460 valence electrons. The number of allylic oxidation sites excluding steroid dienone is 3. The summed E-state index contributed by atoms with van der Waals surface area (Å²) in [5, 5.41) is 21.1. The van der Waals surface area contributed by atoms with Gasteiger partial charge in [0.05, 0.1) is 56.4 Å². The van der Waals surface area contributed by atoms with Gasteiger partial charge in [0.1, 0.15) is 42.5 Å². The summed E-state index contributed by atoms with van der Waals surface area (Å²) in [5.41, 5.74) is 3.21. The first-order valence-electron chi connectivity index (χ1n) is 27.3. The summed E-state index contributed by atoms with van der Waals surface area (Å²) in [6.45, 7) is -1.02. The number of amides is 5. The molecule has 0 radical (unpaired) electrons. The fourth-order valence-electron chi connectivity index (χ4n) is 9.61. The summed E-state index contributed by atoms with van der Waals surface area (Å²) in [5.74, 6) is -5.10. The van der Waals surface area contributed by atoms with Crippen molar-refractivity contribution in [1.82, 2.24) is 30.4 Å². The van der Waals surface area contributed by atoms with Crippen molar-refractivity contribution in [3.05, 3.63) is 121 Å². The number of nitro groups is 1. The predicted octanol–water partition coefficient (Wildman–Crippen LogP) is 5.33. The molecule has 7 rings (SSSR count). The van der Waals surface area contributed by atoms with Crippen LogP contribution in [-0.4, -0.2) is 182 Å². The number of ether oxygens (including phenoxy) is 3. The van der Waals surface area contributed by atoms with Gasteiger partial charge in [0.2, 0.25) is 11.8 Å². The quantitative estimate of drug-likeness (QED) is 0.00749. The zero-order valence-corrected chi connectivity index (χ0v) is 49.8. The first-order valence-corrected chi connectivity index (χ1v) is 29.8. The number of nitrogens with one attached hydrogen (secondary N) is 3. The number of hydroxylamine groups is 2. The maximum atomic E-state index is 17.0. The van der Waals surface area contributed by atoms with Crippen LogP contribution in [0.15, 0.2) is 83.4 Å². The van der Waals surface area contributed by atoms with Crippen molar-refractivity contribution < 1.29 is 88.1 Å². The first kappa shape index (κ1) is 65.1. The van der Waals surface area contributed by atoms with Gasteiger partial charge in [-0.05, 0) is 86.7 Å². The van der Waals surface area contributed by atoms with E-state index in [2.05, 4.69) is 36.6 Å². The second kappa shape index (κ2) is 28.2. The number of nitro benzene ring substituents is 1. The van der Waals surface area contributed by atoms with E-state index in [-0.39, 0.29) is 80.5 Å². The molecule has 2 unspecified atom stereocenters. The van der Waals surface area contributed by atoms with Crippen molar-refractivity contribution in [2.24, 2.45) is 0 Å². The number of likely N-dealkylation sites (N-methyl/N-ethyl adjacent to an activating group) is 1. The van der Waals surface area contributed by atoms with Gasteiger partial charge in [-0.1, -0.05) is 18.2 Å². The fraction of sp³-hybridized carbons (Fsp3) is 0.393. The highest BCUT2D eigenvalue weighted by Gasteiger charge is 2.54. The largest absolute Gasteiger partial charge is 0.737 e. The Morgan fingerprint density at radius 1 is 0.988 bits per heavy atom. The Hall–Kier alpha value is -8.45. The average Bonchev–Trinajstić information content (AvgIpc) is 1.55. The highest BCUT2D eigenvalue weighted by atomic mass is 32.2. The summed E-state index contributed by atoms with van der Waals surface area (Å²) in [6, 6.07) is 12.9. The molecular formula is C56H67BF2N9O16S2+. The topological polar surface area (TPSA) is 304 Å². The number of fused-ring (bicyclic) bond motifs is 2. The Kier molecular flexibility index (Phi) is 21.3. The number of aromatic nitrogens is 1. The number of carbonyl (C=O) groups is 7. The zero-order chi connectivity index (χ0) is 62.7. The number of quaternary nitrogens is 1. The lowest BCUT2D eigenvalue weighted by molar-refractivity contribution is -0.870. The van der Waals surface area contributed by atoms with Crippen LogP contribution in [0, 0.1) is 10.1 Å². The molecule has 1 saturated heterocycles. The molecule has 0 spiro atoms. The molecule has 2 aromatic heterocycles. The monoisotopic (exact) mass is 1230 g/mol. The van der Waals surface area contributed by atoms with Crippen molar-refractivity contribution in [3.8, 4) is 22.1 Å². The van der Waals surface area contributed by atoms with Crippen LogP contribution in [0.1, 0.15) is 84.8 Å². The predicted molar refractivity (Wildman–Crippen MR) is 312 cm³/mol. The molecular weight excluding hydrogens is 1170 g/mol. The van der Waals surface area contributed by atoms with E-state index in [0.717, 1.165) is 50.1 Å². The van der Waals surface area contributed by atoms with Crippen LogP contribution < -0.4 is 25.4 Å². The van der Waals surface area contributed by atoms with Gasteiger partial charge in [-0.15, -0.1) is 16.4 Å². The number of thiophene rings is 1. The average molecular weight is 1240 g/mol. The minimum Gasteiger partial charge on any atom is -0.494 e. The van der Waals surface area contributed by atoms with Crippen LogP contribution in [0.3, 0.4) is 0 Å². The van der Waals surface area contributed by atoms with E-state index in [0.29, 0.717) is 46.8 Å². The Morgan fingerprint density at radius 3 is 2.36 bits per heavy atom. The molecule has 2 aromatic carbocycles. The molecule has 3 aliphatic heterocycles. The maximum absolute atomic E-state index is 17.0. The van der Waals surface area contributed by atoms with Crippen LogP contribution in [0.4, 0.5) is 19.1 Å². The second-order valence-corrected chi connectivity index (χ2v) is 24.0. The molecule has 25 nitrogen and oxygen atoms in total. The van der Waals surface area contributed by atoms with E-state index >= 15 is 8.63 Å². The van der Waals surface area contributed by atoms with Crippen LogP contribution >= 0.6 is 11.3 Å². The molecule has 4 aromatic rings.